The number of benzene rings is 1. The molecule has 36 heavy (non-hydrogen) atoms. The number of rotatable bonds is 9. The number of ether oxygens (including phenoxy) is 1. The van der Waals surface area contributed by atoms with Crippen LogP contribution in [-0.4, -0.2) is 60.3 Å². The van der Waals surface area contributed by atoms with Crippen LogP contribution < -0.4 is 22.3 Å². The molecule has 3 fully saturated rings. The Hall–Kier alpha value is -1.33. The number of fused-ring (bicyclic) bond motifs is 3. The molecular weight excluding hydrogens is 615 g/mol. The predicted molar refractivity (Wildman–Crippen MR) is 136 cm³/mol. The third kappa shape index (κ3) is 6.20. The number of halogens is 3. The summed E-state index contributed by atoms with van der Waals surface area (Å²) in [4.78, 5) is 25.2. The summed E-state index contributed by atoms with van der Waals surface area (Å²) in [6, 6.07) is 7.85. The molecule has 2 N–H and O–H groups in total. The number of amides is 1. The quantitative estimate of drug-likeness (QED) is 0.244. The molecule has 3 saturated heterocycles. The van der Waals surface area contributed by atoms with Crippen molar-refractivity contribution >= 4 is 39.1 Å². The van der Waals surface area contributed by atoms with Crippen molar-refractivity contribution in [2.45, 2.75) is 51.2 Å². The molecule has 4 heterocycles. The van der Waals surface area contributed by atoms with Crippen LogP contribution in [-0.2, 0) is 19.9 Å². The van der Waals surface area contributed by atoms with Gasteiger partial charge in [-0.15, -0.1) is 11.3 Å². The Morgan fingerprint density at radius 1 is 1.25 bits per heavy atom. The van der Waals surface area contributed by atoms with Crippen molar-refractivity contribution in [2.24, 2.45) is 5.92 Å². The Labute approximate surface area is 234 Å². The predicted octanol–water partition coefficient (Wildman–Crippen LogP) is 1.27. The van der Waals surface area contributed by atoms with Crippen molar-refractivity contribution in [3.63, 3.8) is 0 Å². The lowest BCUT2D eigenvalue weighted by molar-refractivity contribution is -0.944. The molecule has 1 amide bonds. The van der Waals surface area contributed by atoms with Gasteiger partial charge in [-0.05, 0) is 77.0 Å². The highest BCUT2D eigenvalue weighted by Crippen LogP contribution is 2.39. The number of esters is 1. The molecule has 1 aromatic carbocycles. The van der Waals surface area contributed by atoms with Gasteiger partial charge in [-0.2, -0.15) is 0 Å². The van der Waals surface area contributed by atoms with E-state index in [0.717, 1.165) is 60.1 Å². The summed E-state index contributed by atoms with van der Waals surface area (Å²) in [6.07, 6.45) is 3.86. The third-order valence-corrected chi connectivity index (χ3v) is 9.32. The van der Waals surface area contributed by atoms with Gasteiger partial charge in [0.15, 0.2) is 0 Å². The van der Waals surface area contributed by atoms with E-state index >= 15 is 0 Å². The molecule has 10 heteroatoms. The van der Waals surface area contributed by atoms with E-state index in [1.807, 2.05) is 0 Å². The van der Waals surface area contributed by atoms with Crippen LogP contribution in [0.2, 0.25) is 0 Å². The molecule has 1 unspecified atom stereocenters. The summed E-state index contributed by atoms with van der Waals surface area (Å²) in [5, 5.41) is 15.1. The SMILES string of the molecule is CC(=O)OCCCC[N+]12CCC(CC1)[C@@H](NC(=O)C(O)(c1ccc(F)c(C)c1)c1ccc(Br)s1)C2.[Br-]. The summed E-state index contributed by atoms with van der Waals surface area (Å²) in [5.41, 5.74) is -1.17. The van der Waals surface area contributed by atoms with E-state index in [0.29, 0.717) is 28.5 Å². The Morgan fingerprint density at radius 3 is 2.58 bits per heavy atom. The molecule has 0 radical (unpaired) electrons. The van der Waals surface area contributed by atoms with E-state index in [4.69, 9.17) is 4.74 Å². The van der Waals surface area contributed by atoms with Crippen LogP contribution in [0, 0.1) is 18.7 Å². The highest BCUT2D eigenvalue weighted by atomic mass is 79.9. The molecule has 2 aromatic rings. The summed E-state index contributed by atoms with van der Waals surface area (Å²) in [5.74, 6) is -0.708. The zero-order chi connectivity index (χ0) is 25.2. The monoisotopic (exact) mass is 646 g/mol. The summed E-state index contributed by atoms with van der Waals surface area (Å²) in [7, 11) is 0. The van der Waals surface area contributed by atoms with E-state index in [9.17, 15) is 19.1 Å². The van der Waals surface area contributed by atoms with Crippen LogP contribution in [0.25, 0.3) is 0 Å². The van der Waals surface area contributed by atoms with E-state index < -0.39 is 11.5 Å². The second kappa shape index (κ2) is 12.0. The number of nitrogens with zero attached hydrogens (tertiary/aromatic N) is 1. The van der Waals surface area contributed by atoms with Crippen molar-refractivity contribution in [1.82, 2.24) is 5.32 Å². The van der Waals surface area contributed by atoms with Crippen molar-refractivity contribution in [3.05, 3.63) is 55.9 Å². The number of carbonyl (C=O) groups is 2. The fraction of sp³-hybridized carbons (Fsp3) is 0.538. The summed E-state index contributed by atoms with van der Waals surface area (Å²) < 4.78 is 20.8. The lowest BCUT2D eigenvalue weighted by atomic mass is 9.80. The molecule has 1 aromatic heterocycles. The Balaban J connectivity index is 0.00000361. The first kappa shape index (κ1) is 29.2. The standard InChI is InChI=1S/C26H32BrFN2O4S.BrH/c1-17-15-20(5-6-21(17)28)26(33,23-7-8-24(27)35-23)25(32)29-22-16-30(12-9-19(22)10-13-30)11-3-4-14-34-18(2)31;/h5-8,15,19,22,33H,3-4,9-14,16H2,1-2H3;1H/t19?,22-,26?,30?;/m0./s1. The topological polar surface area (TPSA) is 75.6 Å². The van der Waals surface area contributed by atoms with Gasteiger partial charge in [-0.1, -0.05) is 6.07 Å². The van der Waals surface area contributed by atoms with Gasteiger partial charge in [0.2, 0.25) is 5.60 Å². The van der Waals surface area contributed by atoms with Gasteiger partial charge >= 0.3 is 5.97 Å². The number of quaternary nitrogens is 1. The first-order valence-corrected chi connectivity index (χ1v) is 13.8. The van der Waals surface area contributed by atoms with Gasteiger partial charge in [0.1, 0.15) is 5.82 Å². The molecular formula is C26H33Br2FN2O4S. The normalized spacial score (nSPS) is 24.5. The zero-order valence-corrected chi connectivity index (χ0v) is 24.6. The van der Waals surface area contributed by atoms with Gasteiger partial charge in [0.25, 0.3) is 5.91 Å². The number of aliphatic hydroxyl groups is 1. The minimum Gasteiger partial charge on any atom is -1.00 e. The lowest BCUT2D eigenvalue weighted by Gasteiger charge is -2.53. The highest BCUT2D eigenvalue weighted by molar-refractivity contribution is 9.11. The van der Waals surface area contributed by atoms with E-state index in [-0.39, 0.29) is 34.8 Å². The highest BCUT2D eigenvalue weighted by Gasteiger charge is 2.49. The van der Waals surface area contributed by atoms with E-state index in [1.54, 1.807) is 25.1 Å². The molecule has 2 bridgehead atoms. The lowest BCUT2D eigenvalue weighted by Crippen LogP contribution is -3.00. The number of aryl methyl sites for hydroxylation is 1. The third-order valence-electron chi connectivity index (χ3n) is 7.58. The van der Waals surface area contributed by atoms with Gasteiger partial charge in [0.05, 0.1) is 47.5 Å². The van der Waals surface area contributed by atoms with Gasteiger partial charge in [-0.25, -0.2) is 4.39 Å². The molecule has 3 aliphatic heterocycles. The van der Waals surface area contributed by atoms with Crippen LogP contribution in [0.5, 0.6) is 0 Å². The number of thiophene rings is 1. The van der Waals surface area contributed by atoms with E-state index in [2.05, 4.69) is 21.2 Å². The average molecular weight is 648 g/mol. The van der Waals surface area contributed by atoms with Crippen molar-refractivity contribution < 1.29 is 45.3 Å². The Bertz CT molecular complexity index is 1090. The van der Waals surface area contributed by atoms with Gasteiger partial charge in [-0.3, -0.25) is 9.59 Å². The smallest absolute Gasteiger partial charge is 0.302 e. The van der Waals surface area contributed by atoms with Crippen molar-refractivity contribution in [1.29, 1.82) is 0 Å². The van der Waals surface area contributed by atoms with E-state index in [1.165, 1.54) is 30.4 Å². The Morgan fingerprint density at radius 2 is 1.97 bits per heavy atom. The summed E-state index contributed by atoms with van der Waals surface area (Å²) >= 11 is 4.73. The van der Waals surface area contributed by atoms with Crippen molar-refractivity contribution in [2.75, 3.05) is 32.8 Å². The zero-order valence-electron chi connectivity index (χ0n) is 20.6. The van der Waals surface area contributed by atoms with Gasteiger partial charge in [0, 0.05) is 19.8 Å². The number of hydrogen-bond donors (Lipinski definition) is 2. The minimum absolute atomic E-state index is 0. The molecule has 2 atom stereocenters. The maximum Gasteiger partial charge on any atom is 0.302 e. The average Bonchev–Trinajstić information content (AvgIpc) is 3.27. The fourth-order valence-corrected chi connectivity index (χ4v) is 7.06. The molecule has 6 nitrogen and oxygen atoms in total. The molecule has 0 saturated carbocycles. The largest absolute Gasteiger partial charge is 1.00 e. The Kier molecular flexibility index (Phi) is 9.76. The second-order valence-electron chi connectivity index (χ2n) is 9.94. The van der Waals surface area contributed by atoms with Crippen LogP contribution in [0.3, 0.4) is 0 Å². The number of unbranched alkanes of at least 4 members (excludes halogenated alkanes) is 1. The van der Waals surface area contributed by atoms with Crippen LogP contribution in [0.4, 0.5) is 4.39 Å². The summed E-state index contributed by atoms with van der Waals surface area (Å²) in [6.45, 7) is 7.49. The minimum atomic E-state index is -1.91. The number of carbonyl (C=O) groups excluding carboxylic acids is 2. The number of nitrogens with one attached hydrogen (secondary N) is 1. The van der Waals surface area contributed by atoms with Crippen LogP contribution in [0.15, 0.2) is 34.1 Å². The van der Waals surface area contributed by atoms with Crippen molar-refractivity contribution in [3.8, 4) is 0 Å². The molecule has 198 valence electrons. The maximum absolute atomic E-state index is 14.0. The second-order valence-corrected chi connectivity index (χ2v) is 12.4. The number of hydrogen-bond acceptors (Lipinski definition) is 5. The molecule has 0 spiro atoms. The maximum atomic E-state index is 14.0. The molecule has 5 rings (SSSR count). The molecule has 0 aliphatic carbocycles. The van der Waals surface area contributed by atoms with Crippen LogP contribution in [0.1, 0.15) is 48.6 Å². The first-order valence-electron chi connectivity index (χ1n) is 12.2. The number of piperidine rings is 3. The van der Waals surface area contributed by atoms with Crippen LogP contribution >= 0.6 is 27.3 Å². The van der Waals surface area contributed by atoms with Gasteiger partial charge < -0.3 is 36.6 Å². The molecule has 3 aliphatic rings. The fourth-order valence-electron chi connectivity index (χ4n) is 5.57. The first-order chi connectivity index (χ1) is 16.6.